The number of hydrogen-bond acceptors (Lipinski definition) is 2. The van der Waals surface area contributed by atoms with Gasteiger partial charge in [-0.05, 0) is 31.0 Å². The van der Waals surface area contributed by atoms with Crippen LogP contribution >= 0.6 is 0 Å². The highest BCUT2D eigenvalue weighted by atomic mass is 19.1. The van der Waals surface area contributed by atoms with E-state index >= 15 is 0 Å². The molecular weight excluding hydrogens is 217 g/mol. The van der Waals surface area contributed by atoms with Crippen molar-refractivity contribution in [1.29, 1.82) is 0 Å². The van der Waals surface area contributed by atoms with E-state index in [1.807, 2.05) is 4.57 Å². The van der Waals surface area contributed by atoms with Gasteiger partial charge in [0.1, 0.15) is 5.82 Å². The van der Waals surface area contributed by atoms with E-state index in [2.05, 4.69) is 25.8 Å². The van der Waals surface area contributed by atoms with Crippen LogP contribution in [-0.2, 0) is 0 Å². The summed E-state index contributed by atoms with van der Waals surface area (Å²) in [6.45, 7) is 6.39. The van der Waals surface area contributed by atoms with Gasteiger partial charge in [0.15, 0.2) is 0 Å². The van der Waals surface area contributed by atoms with Crippen molar-refractivity contribution >= 4 is 17.0 Å². The number of nitrogens with zero attached hydrogens (tertiary/aromatic N) is 2. The summed E-state index contributed by atoms with van der Waals surface area (Å²) < 4.78 is 15.2. The maximum Gasteiger partial charge on any atom is 0.201 e. The topological polar surface area (TPSA) is 43.8 Å². The molecule has 0 saturated heterocycles. The van der Waals surface area contributed by atoms with E-state index in [1.165, 1.54) is 12.1 Å². The van der Waals surface area contributed by atoms with Crippen molar-refractivity contribution in [3.8, 4) is 0 Å². The molecule has 17 heavy (non-hydrogen) atoms. The third kappa shape index (κ3) is 1.99. The lowest BCUT2D eigenvalue weighted by Gasteiger charge is -2.21. The van der Waals surface area contributed by atoms with Gasteiger partial charge in [-0.3, -0.25) is 0 Å². The molecule has 1 aromatic carbocycles. The highest BCUT2D eigenvalue weighted by Crippen LogP contribution is 2.28. The van der Waals surface area contributed by atoms with Crippen LogP contribution in [0.15, 0.2) is 18.2 Å². The fraction of sp³-hybridized carbons (Fsp3) is 0.462. The molecule has 92 valence electrons. The van der Waals surface area contributed by atoms with Crippen LogP contribution in [0.2, 0.25) is 0 Å². The predicted octanol–water partition coefficient (Wildman–Crippen LogP) is 3.36. The van der Waals surface area contributed by atoms with Crippen molar-refractivity contribution in [2.45, 2.75) is 33.2 Å². The van der Waals surface area contributed by atoms with Gasteiger partial charge in [-0.15, -0.1) is 0 Å². The number of nitrogen functional groups attached to an aromatic ring is 1. The van der Waals surface area contributed by atoms with Crippen molar-refractivity contribution < 1.29 is 4.39 Å². The average molecular weight is 235 g/mol. The number of aromatic nitrogens is 2. The molecule has 0 bridgehead atoms. The van der Waals surface area contributed by atoms with Gasteiger partial charge in [0, 0.05) is 6.04 Å². The number of rotatable bonds is 3. The number of hydrogen-bond donors (Lipinski definition) is 1. The maximum absolute atomic E-state index is 13.3. The molecule has 3 nitrogen and oxygen atoms in total. The smallest absolute Gasteiger partial charge is 0.201 e. The summed E-state index contributed by atoms with van der Waals surface area (Å²) in [4.78, 5) is 4.27. The van der Waals surface area contributed by atoms with Gasteiger partial charge in [0.25, 0.3) is 0 Å². The highest BCUT2D eigenvalue weighted by molar-refractivity contribution is 5.78. The lowest BCUT2D eigenvalue weighted by atomic mass is 10.0. The first-order chi connectivity index (χ1) is 8.04. The van der Waals surface area contributed by atoms with Crippen LogP contribution in [0.3, 0.4) is 0 Å². The van der Waals surface area contributed by atoms with Gasteiger partial charge in [-0.1, -0.05) is 20.3 Å². The first kappa shape index (κ1) is 11.9. The number of benzene rings is 1. The van der Waals surface area contributed by atoms with Crippen molar-refractivity contribution in [2.75, 3.05) is 5.73 Å². The summed E-state index contributed by atoms with van der Waals surface area (Å²) in [6, 6.07) is 4.79. The second kappa shape index (κ2) is 4.35. The number of nitrogens with two attached hydrogens (primary N) is 1. The zero-order valence-corrected chi connectivity index (χ0v) is 10.4. The molecule has 0 aliphatic heterocycles. The number of imidazole rings is 1. The average Bonchev–Trinajstić information content (AvgIpc) is 2.62. The SMILES string of the molecule is CCC(C)C(C)n1c(N)nc2ccc(F)cc21. The second-order valence-electron chi connectivity index (χ2n) is 4.60. The first-order valence-corrected chi connectivity index (χ1v) is 5.97. The van der Waals surface area contributed by atoms with Gasteiger partial charge >= 0.3 is 0 Å². The Labute approximate surface area is 100 Å². The van der Waals surface area contributed by atoms with Crippen LogP contribution in [0.1, 0.15) is 33.2 Å². The van der Waals surface area contributed by atoms with E-state index in [1.54, 1.807) is 6.07 Å². The van der Waals surface area contributed by atoms with Gasteiger partial charge in [0.2, 0.25) is 5.95 Å². The zero-order valence-electron chi connectivity index (χ0n) is 10.4. The predicted molar refractivity (Wildman–Crippen MR) is 68.3 cm³/mol. The quantitative estimate of drug-likeness (QED) is 0.886. The normalized spacial score (nSPS) is 15.1. The van der Waals surface area contributed by atoms with Crippen molar-refractivity contribution in [1.82, 2.24) is 9.55 Å². The number of fused-ring (bicyclic) bond motifs is 1. The van der Waals surface area contributed by atoms with Gasteiger partial charge in [-0.2, -0.15) is 0 Å². The molecule has 1 heterocycles. The highest BCUT2D eigenvalue weighted by Gasteiger charge is 2.18. The molecular formula is C13H18FN3. The largest absolute Gasteiger partial charge is 0.369 e. The van der Waals surface area contributed by atoms with E-state index < -0.39 is 0 Å². The molecule has 0 aliphatic rings. The van der Waals surface area contributed by atoms with Crippen LogP contribution in [-0.4, -0.2) is 9.55 Å². The number of halogens is 1. The molecule has 2 rings (SSSR count). The minimum absolute atomic E-state index is 0.215. The summed E-state index contributed by atoms with van der Waals surface area (Å²) in [5.41, 5.74) is 7.45. The van der Waals surface area contributed by atoms with Gasteiger partial charge in [-0.25, -0.2) is 9.37 Å². The van der Waals surface area contributed by atoms with Crippen LogP contribution in [0.4, 0.5) is 10.3 Å². The Morgan fingerprint density at radius 1 is 1.41 bits per heavy atom. The van der Waals surface area contributed by atoms with Crippen LogP contribution in [0.25, 0.3) is 11.0 Å². The third-order valence-corrected chi connectivity index (χ3v) is 3.55. The molecule has 2 N–H and O–H groups in total. The second-order valence-corrected chi connectivity index (χ2v) is 4.60. The molecule has 1 aromatic heterocycles. The molecule has 4 heteroatoms. The van der Waals surface area contributed by atoms with Gasteiger partial charge < -0.3 is 10.3 Å². The molecule has 0 radical (unpaired) electrons. The Kier molecular flexibility index (Phi) is 3.05. The summed E-state index contributed by atoms with van der Waals surface area (Å²) in [5.74, 6) is 0.673. The fourth-order valence-corrected chi connectivity index (χ4v) is 2.11. The lowest BCUT2D eigenvalue weighted by molar-refractivity contribution is 0.381. The molecule has 0 saturated carbocycles. The summed E-state index contributed by atoms with van der Waals surface area (Å²) in [5, 5.41) is 0. The van der Waals surface area contributed by atoms with Crippen molar-refractivity contribution in [2.24, 2.45) is 5.92 Å². The lowest BCUT2D eigenvalue weighted by Crippen LogP contribution is -2.15. The monoisotopic (exact) mass is 235 g/mol. The zero-order chi connectivity index (χ0) is 12.6. The van der Waals surface area contributed by atoms with E-state index in [0.717, 1.165) is 17.5 Å². The Bertz CT molecular complexity index is 533. The van der Waals surface area contributed by atoms with Crippen LogP contribution in [0.5, 0.6) is 0 Å². The maximum atomic E-state index is 13.3. The molecule has 0 spiro atoms. The minimum Gasteiger partial charge on any atom is -0.369 e. The van der Waals surface area contributed by atoms with Crippen molar-refractivity contribution in [3.63, 3.8) is 0 Å². The Balaban J connectivity index is 2.59. The standard InChI is InChI=1S/C13H18FN3/c1-4-8(2)9(3)17-12-7-10(14)5-6-11(12)16-13(17)15/h5-9H,4H2,1-3H3,(H2,15,16). The Morgan fingerprint density at radius 3 is 2.76 bits per heavy atom. The Morgan fingerprint density at radius 2 is 2.12 bits per heavy atom. The summed E-state index contributed by atoms with van der Waals surface area (Å²) in [6.07, 6.45) is 1.05. The molecule has 0 aliphatic carbocycles. The first-order valence-electron chi connectivity index (χ1n) is 5.97. The van der Waals surface area contributed by atoms with E-state index in [-0.39, 0.29) is 11.9 Å². The molecule has 2 aromatic rings. The van der Waals surface area contributed by atoms with Crippen LogP contribution < -0.4 is 5.73 Å². The summed E-state index contributed by atoms with van der Waals surface area (Å²) in [7, 11) is 0. The summed E-state index contributed by atoms with van der Waals surface area (Å²) >= 11 is 0. The van der Waals surface area contributed by atoms with E-state index in [9.17, 15) is 4.39 Å². The van der Waals surface area contributed by atoms with Gasteiger partial charge in [0.05, 0.1) is 11.0 Å². The fourth-order valence-electron chi connectivity index (χ4n) is 2.11. The minimum atomic E-state index is -0.255. The molecule has 2 atom stereocenters. The molecule has 0 amide bonds. The molecule has 2 unspecified atom stereocenters. The van der Waals surface area contributed by atoms with E-state index in [0.29, 0.717) is 11.9 Å². The molecule has 0 fully saturated rings. The number of anilines is 1. The van der Waals surface area contributed by atoms with Crippen molar-refractivity contribution in [3.05, 3.63) is 24.0 Å². The Hall–Kier alpha value is -1.58. The third-order valence-electron chi connectivity index (χ3n) is 3.55. The van der Waals surface area contributed by atoms with Crippen LogP contribution in [0, 0.1) is 11.7 Å². The van der Waals surface area contributed by atoms with E-state index in [4.69, 9.17) is 5.73 Å².